The Kier molecular flexibility index (Phi) is 4.70. The van der Waals surface area contributed by atoms with Crippen LogP contribution >= 0.6 is 0 Å². The molecule has 146 valence electrons. The summed E-state index contributed by atoms with van der Waals surface area (Å²) in [5.41, 5.74) is 2.90. The van der Waals surface area contributed by atoms with Gasteiger partial charge in [-0.1, -0.05) is 19.1 Å². The first kappa shape index (κ1) is 18.3. The van der Waals surface area contributed by atoms with E-state index in [9.17, 15) is 9.18 Å². The van der Waals surface area contributed by atoms with Gasteiger partial charge in [0.15, 0.2) is 0 Å². The summed E-state index contributed by atoms with van der Waals surface area (Å²) < 4.78 is 16.0. The van der Waals surface area contributed by atoms with Crippen LogP contribution in [0, 0.1) is 25.6 Å². The van der Waals surface area contributed by atoms with E-state index in [0.717, 1.165) is 17.1 Å². The molecule has 1 aliphatic rings. The third-order valence-corrected chi connectivity index (χ3v) is 5.21. The van der Waals surface area contributed by atoms with E-state index >= 15 is 0 Å². The SMILES string of the molecule is Cc1nc(C)n(C[C@@H](C)C(=O)N2CCc3[nH]nc(-c4ccccc4F)c3C2)n1. The van der Waals surface area contributed by atoms with Crippen molar-refractivity contribution < 1.29 is 9.18 Å². The van der Waals surface area contributed by atoms with E-state index in [0.29, 0.717) is 43.1 Å². The minimum Gasteiger partial charge on any atom is -0.338 e. The van der Waals surface area contributed by atoms with Crippen molar-refractivity contribution in [2.45, 2.75) is 40.3 Å². The monoisotopic (exact) mass is 382 g/mol. The van der Waals surface area contributed by atoms with Gasteiger partial charge in [-0.05, 0) is 26.0 Å². The molecular formula is C20H23FN6O. The molecule has 28 heavy (non-hydrogen) atoms. The lowest BCUT2D eigenvalue weighted by molar-refractivity contribution is -0.136. The maximum Gasteiger partial charge on any atom is 0.227 e. The Balaban J connectivity index is 1.53. The number of carbonyl (C=O) groups is 1. The second kappa shape index (κ2) is 7.18. The van der Waals surface area contributed by atoms with Gasteiger partial charge in [0.1, 0.15) is 23.2 Å². The quantitative estimate of drug-likeness (QED) is 0.752. The number of nitrogens with one attached hydrogen (secondary N) is 1. The first-order chi connectivity index (χ1) is 13.4. The highest BCUT2D eigenvalue weighted by atomic mass is 19.1. The second-order valence-electron chi connectivity index (χ2n) is 7.31. The molecule has 7 nitrogen and oxygen atoms in total. The molecule has 1 atom stereocenters. The van der Waals surface area contributed by atoms with Crippen LogP contribution in [0.3, 0.4) is 0 Å². The summed E-state index contributed by atoms with van der Waals surface area (Å²) in [5.74, 6) is 1.01. The average molecular weight is 382 g/mol. The van der Waals surface area contributed by atoms with Crippen LogP contribution in [0.4, 0.5) is 4.39 Å². The number of aromatic nitrogens is 5. The van der Waals surface area contributed by atoms with Crippen molar-refractivity contribution in [1.82, 2.24) is 29.9 Å². The van der Waals surface area contributed by atoms with Crippen LogP contribution in [-0.2, 0) is 24.3 Å². The maximum atomic E-state index is 14.2. The first-order valence-electron chi connectivity index (χ1n) is 9.42. The number of fused-ring (bicyclic) bond motifs is 1. The summed E-state index contributed by atoms with van der Waals surface area (Å²) >= 11 is 0. The largest absolute Gasteiger partial charge is 0.338 e. The lowest BCUT2D eigenvalue weighted by atomic mass is 9.99. The van der Waals surface area contributed by atoms with Gasteiger partial charge in [0.25, 0.3) is 0 Å². The molecule has 0 saturated carbocycles. The molecule has 0 fully saturated rings. The molecule has 0 spiro atoms. The third-order valence-electron chi connectivity index (χ3n) is 5.21. The molecule has 3 aromatic rings. The normalized spacial score (nSPS) is 14.8. The molecule has 1 N–H and O–H groups in total. The lowest BCUT2D eigenvalue weighted by Gasteiger charge is -2.29. The number of carbonyl (C=O) groups excluding carboxylic acids is 1. The summed E-state index contributed by atoms with van der Waals surface area (Å²) in [6.45, 7) is 7.15. The number of aryl methyl sites for hydroxylation is 2. The highest BCUT2D eigenvalue weighted by molar-refractivity contribution is 5.79. The van der Waals surface area contributed by atoms with Gasteiger partial charge in [-0.15, -0.1) is 0 Å². The number of hydrogen-bond donors (Lipinski definition) is 1. The van der Waals surface area contributed by atoms with Crippen LogP contribution in [0.25, 0.3) is 11.3 Å². The van der Waals surface area contributed by atoms with Crippen molar-refractivity contribution in [3.05, 3.63) is 53.0 Å². The van der Waals surface area contributed by atoms with Crippen LogP contribution in [-0.4, -0.2) is 42.3 Å². The fourth-order valence-corrected chi connectivity index (χ4v) is 3.74. The molecule has 4 rings (SSSR count). The predicted octanol–water partition coefficient (Wildman–Crippen LogP) is 2.65. The maximum absolute atomic E-state index is 14.2. The van der Waals surface area contributed by atoms with Crippen molar-refractivity contribution in [1.29, 1.82) is 0 Å². The van der Waals surface area contributed by atoms with Gasteiger partial charge in [0, 0.05) is 36.3 Å². The van der Waals surface area contributed by atoms with Crippen LogP contribution in [0.15, 0.2) is 24.3 Å². The van der Waals surface area contributed by atoms with Crippen LogP contribution in [0.5, 0.6) is 0 Å². The fourth-order valence-electron chi connectivity index (χ4n) is 3.74. The van der Waals surface area contributed by atoms with E-state index in [1.54, 1.807) is 22.9 Å². The zero-order chi connectivity index (χ0) is 19.8. The number of amides is 1. The third kappa shape index (κ3) is 3.30. The molecule has 0 bridgehead atoms. The summed E-state index contributed by atoms with van der Waals surface area (Å²) in [7, 11) is 0. The Bertz CT molecular complexity index is 1020. The summed E-state index contributed by atoms with van der Waals surface area (Å²) in [4.78, 5) is 19.1. The Morgan fingerprint density at radius 3 is 2.82 bits per heavy atom. The van der Waals surface area contributed by atoms with Gasteiger partial charge in [-0.2, -0.15) is 10.2 Å². The van der Waals surface area contributed by atoms with Gasteiger partial charge in [0.05, 0.1) is 12.5 Å². The van der Waals surface area contributed by atoms with Crippen molar-refractivity contribution in [2.75, 3.05) is 6.54 Å². The second-order valence-corrected chi connectivity index (χ2v) is 7.31. The number of rotatable bonds is 4. The molecule has 1 aromatic carbocycles. The van der Waals surface area contributed by atoms with E-state index in [1.807, 2.05) is 25.7 Å². The zero-order valence-electron chi connectivity index (χ0n) is 16.2. The number of nitrogens with zero attached hydrogens (tertiary/aromatic N) is 5. The number of benzene rings is 1. The molecule has 3 heterocycles. The van der Waals surface area contributed by atoms with Gasteiger partial charge >= 0.3 is 0 Å². The smallest absolute Gasteiger partial charge is 0.227 e. The molecule has 1 amide bonds. The predicted molar refractivity (Wildman–Crippen MR) is 102 cm³/mol. The first-order valence-corrected chi connectivity index (χ1v) is 9.42. The Morgan fingerprint density at radius 1 is 1.32 bits per heavy atom. The minimum atomic E-state index is -0.314. The molecule has 0 radical (unpaired) electrons. The van der Waals surface area contributed by atoms with Crippen molar-refractivity contribution in [3.8, 4) is 11.3 Å². The van der Waals surface area contributed by atoms with Crippen molar-refractivity contribution in [3.63, 3.8) is 0 Å². The highest BCUT2D eigenvalue weighted by Crippen LogP contribution is 2.30. The average Bonchev–Trinajstić information content (AvgIpc) is 3.23. The van der Waals surface area contributed by atoms with Crippen LogP contribution in [0.1, 0.15) is 29.8 Å². The van der Waals surface area contributed by atoms with Gasteiger partial charge in [0.2, 0.25) is 5.91 Å². The summed E-state index contributed by atoms with van der Waals surface area (Å²) in [5, 5.41) is 11.7. The topological polar surface area (TPSA) is 79.7 Å². The summed E-state index contributed by atoms with van der Waals surface area (Å²) in [6.07, 6.45) is 0.677. The van der Waals surface area contributed by atoms with Gasteiger partial charge in [-0.25, -0.2) is 14.1 Å². The number of halogens is 1. The van der Waals surface area contributed by atoms with E-state index in [2.05, 4.69) is 20.3 Å². The molecule has 8 heteroatoms. The molecule has 0 unspecified atom stereocenters. The number of hydrogen-bond acceptors (Lipinski definition) is 4. The Morgan fingerprint density at radius 2 is 2.11 bits per heavy atom. The van der Waals surface area contributed by atoms with Gasteiger partial charge < -0.3 is 4.90 Å². The lowest BCUT2D eigenvalue weighted by Crippen LogP contribution is -2.40. The number of aromatic amines is 1. The Hall–Kier alpha value is -3.03. The van der Waals surface area contributed by atoms with E-state index in [1.165, 1.54) is 6.07 Å². The standard InChI is InChI=1S/C20H23FN6O/c1-12(10-27-14(3)22-13(2)25-27)20(28)26-9-8-18-16(11-26)19(24-23-18)15-6-4-5-7-17(15)21/h4-7,12H,8-11H2,1-3H3,(H,23,24)/t12-/m1/s1. The van der Waals surface area contributed by atoms with Gasteiger partial charge in [-0.3, -0.25) is 9.89 Å². The molecule has 1 aliphatic heterocycles. The van der Waals surface area contributed by atoms with Crippen LogP contribution < -0.4 is 0 Å². The summed E-state index contributed by atoms with van der Waals surface area (Å²) in [6, 6.07) is 6.58. The minimum absolute atomic E-state index is 0.0545. The van der Waals surface area contributed by atoms with Crippen molar-refractivity contribution >= 4 is 5.91 Å². The van der Waals surface area contributed by atoms with Crippen LogP contribution in [0.2, 0.25) is 0 Å². The number of H-pyrrole nitrogens is 1. The molecular weight excluding hydrogens is 359 g/mol. The van der Waals surface area contributed by atoms with E-state index in [4.69, 9.17) is 0 Å². The van der Waals surface area contributed by atoms with E-state index < -0.39 is 0 Å². The molecule has 0 aliphatic carbocycles. The van der Waals surface area contributed by atoms with E-state index in [-0.39, 0.29) is 17.6 Å². The molecule has 2 aromatic heterocycles. The van der Waals surface area contributed by atoms with Crippen molar-refractivity contribution in [2.24, 2.45) is 5.92 Å². The zero-order valence-corrected chi connectivity index (χ0v) is 16.2. The Labute approximate surface area is 162 Å². The molecule has 0 saturated heterocycles. The fraction of sp³-hybridized carbons (Fsp3) is 0.400. The highest BCUT2D eigenvalue weighted by Gasteiger charge is 2.29.